The maximum Gasteiger partial charge on any atom is 0.243 e. The Morgan fingerprint density at radius 1 is 1.25 bits per heavy atom. The first-order chi connectivity index (χ1) is 11.5. The van der Waals surface area contributed by atoms with Gasteiger partial charge in [-0.15, -0.1) is 6.42 Å². The van der Waals surface area contributed by atoms with Gasteiger partial charge >= 0.3 is 0 Å². The molecule has 1 aromatic rings. The van der Waals surface area contributed by atoms with E-state index in [2.05, 4.69) is 11.2 Å². The van der Waals surface area contributed by atoms with Crippen LogP contribution in [0.5, 0.6) is 0 Å². The van der Waals surface area contributed by atoms with Crippen LogP contribution in [0.4, 0.5) is 0 Å². The van der Waals surface area contributed by atoms with E-state index in [0.29, 0.717) is 30.8 Å². The molecule has 3 rings (SSSR count). The number of nitrogens with zero attached hydrogens (tertiary/aromatic N) is 1. The van der Waals surface area contributed by atoms with Gasteiger partial charge in [-0.1, -0.05) is 12.0 Å². The van der Waals surface area contributed by atoms with E-state index in [-0.39, 0.29) is 18.4 Å². The van der Waals surface area contributed by atoms with Crippen LogP contribution in [0, 0.1) is 18.3 Å². The summed E-state index contributed by atoms with van der Waals surface area (Å²) in [6.07, 6.45) is 9.28. The molecule has 24 heavy (non-hydrogen) atoms. The normalized spacial score (nSPS) is 18.8. The van der Waals surface area contributed by atoms with E-state index in [1.807, 2.05) is 12.1 Å². The Morgan fingerprint density at radius 3 is 2.67 bits per heavy atom. The van der Waals surface area contributed by atoms with E-state index >= 15 is 0 Å². The standard InChI is InChI=1S/C18H22N2O3S/c1-2-10-19-18(21)15-8-11-20(12-9-15)24(22,23)17-7-6-14-4-3-5-16(14)13-17/h1,6-7,13,15H,3-5,8-12H2,(H,19,21). The van der Waals surface area contributed by atoms with Crippen molar-refractivity contribution in [3.05, 3.63) is 29.3 Å². The first-order valence-corrected chi connectivity index (χ1v) is 9.79. The van der Waals surface area contributed by atoms with Crippen LogP contribution >= 0.6 is 0 Å². The highest BCUT2D eigenvalue weighted by Crippen LogP contribution is 2.28. The van der Waals surface area contributed by atoms with E-state index in [4.69, 9.17) is 6.42 Å². The van der Waals surface area contributed by atoms with Gasteiger partial charge in [-0.25, -0.2) is 8.42 Å². The number of hydrogen-bond acceptors (Lipinski definition) is 3. The van der Waals surface area contributed by atoms with Gasteiger partial charge in [0, 0.05) is 19.0 Å². The molecule has 1 aromatic carbocycles. The lowest BCUT2D eigenvalue weighted by molar-refractivity contribution is -0.125. The second-order valence-corrected chi connectivity index (χ2v) is 8.32. The number of fused-ring (bicyclic) bond motifs is 1. The molecule has 0 unspecified atom stereocenters. The molecule has 1 aliphatic carbocycles. The van der Waals surface area contributed by atoms with Crippen molar-refractivity contribution in [2.75, 3.05) is 19.6 Å². The van der Waals surface area contributed by atoms with E-state index < -0.39 is 10.0 Å². The molecule has 1 N–H and O–H groups in total. The Bertz CT molecular complexity index is 772. The number of hydrogen-bond donors (Lipinski definition) is 1. The SMILES string of the molecule is C#CCNC(=O)C1CCN(S(=O)(=O)c2ccc3c(c2)CCC3)CC1. The van der Waals surface area contributed by atoms with Crippen LogP contribution in [0.25, 0.3) is 0 Å². The average Bonchev–Trinajstić information content (AvgIpc) is 3.07. The quantitative estimate of drug-likeness (QED) is 0.837. The molecule has 128 valence electrons. The second kappa shape index (κ2) is 6.96. The van der Waals surface area contributed by atoms with Gasteiger partial charge in [-0.2, -0.15) is 4.31 Å². The number of carbonyl (C=O) groups excluding carboxylic acids is 1. The van der Waals surface area contributed by atoms with Gasteiger partial charge in [0.05, 0.1) is 11.4 Å². The molecule has 1 fully saturated rings. The Balaban J connectivity index is 1.67. The summed E-state index contributed by atoms with van der Waals surface area (Å²) in [5.41, 5.74) is 2.41. The molecular weight excluding hydrogens is 324 g/mol. The van der Waals surface area contributed by atoms with Crippen molar-refractivity contribution in [3.63, 3.8) is 0 Å². The molecule has 1 heterocycles. The smallest absolute Gasteiger partial charge is 0.243 e. The summed E-state index contributed by atoms with van der Waals surface area (Å²) in [5.74, 6) is 2.13. The average molecular weight is 346 g/mol. The van der Waals surface area contributed by atoms with Crippen molar-refractivity contribution in [3.8, 4) is 12.3 Å². The third-order valence-electron chi connectivity index (χ3n) is 4.90. The number of terminal acetylenes is 1. The van der Waals surface area contributed by atoms with Crippen LogP contribution < -0.4 is 5.32 Å². The highest BCUT2D eigenvalue weighted by Gasteiger charge is 2.32. The van der Waals surface area contributed by atoms with Crippen LogP contribution in [-0.2, 0) is 27.7 Å². The minimum Gasteiger partial charge on any atom is -0.345 e. The minimum absolute atomic E-state index is 0.0810. The lowest BCUT2D eigenvalue weighted by Gasteiger charge is -2.30. The molecular formula is C18H22N2O3S. The summed E-state index contributed by atoms with van der Waals surface area (Å²) in [5, 5.41) is 2.67. The summed E-state index contributed by atoms with van der Waals surface area (Å²) < 4.78 is 27.2. The fourth-order valence-electron chi connectivity index (χ4n) is 3.50. The minimum atomic E-state index is -3.48. The van der Waals surface area contributed by atoms with Gasteiger partial charge in [-0.3, -0.25) is 4.79 Å². The van der Waals surface area contributed by atoms with Crippen LogP contribution in [0.2, 0.25) is 0 Å². The van der Waals surface area contributed by atoms with Gasteiger partial charge in [0.2, 0.25) is 15.9 Å². The maximum atomic E-state index is 12.8. The first kappa shape index (κ1) is 17.0. The van der Waals surface area contributed by atoms with Crippen molar-refractivity contribution in [1.29, 1.82) is 0 Å². The number of rotatable bonds is 4. The van der Waals surface area contributed by atoms with Crippen molar-refractivity contribution in [2.24, 2.45) is 5.92 Å². The highest BCUT2D eigenvalue weighted by atomic mass is 32.2. The van der Waals surface area contributed by atoms with E-state index in [1.54, 1.807) is 6.07 Å². The number of nitrogens with one attached hydrogen (secondary N) is 1. The zero-order chi connectivity index (χ0) is 17.2. The molecule has 6 heteroatoms. The van der Waals surface area contributed by atoms with Crippen LogP contribution in [0.1, 0.15) is 30.4 Å². The molecule has 0 aromatic heterocycles. The summed E-state index contributed by atoms with van der Waals surface area (Å²) in [7, 11) is -3.48. The number of carbonyl (C=O) groups is 1. The topological polar surface area (TPSA) is 66.5 Å². The fourth-order valence-corrected chi connectivity index (χ4v) is 5.02. The number of piperidine rings is 1. The molecule has 2 aliphatic rings. The third kappa shape index (κ3) is 3.33. The van der Waals surface area contributed by atoms with Crippen molar-refractivity contribution >= 4 is 15.9 Å². The van der Waals surface area contributed by atoms with Gasteiger partial charge < -0.3 is 5.32 Å². The summed E-state index contributed by atoms with van der Waals surface area (Å²) in [6.45, 7) is 0.952. The predicted molar refractivity (Wildman–Crippen MR) is 91.8 cm³/mol. The summed E-state index contributed by atoms with van der Waals surface area (Å²) in [4.78, 5) is 12.3. The zero-order valence-corrected chi connectivity index (χ0v) is 14.4. The number of sulfonamides is 1. The monoisotopic (exact) mass is 346 g/mol. The van der Waals surface area contributed by atoms with Crippen LogP contribution in [-0.4, -0.2) is 38.3 Å². The third-order valence-corrected chi connectivity index (χ3v) is 6.79. The Morgan fingerprint density at radius 2 is 1.96 bits per heavy atom. The second-order valence-electron chi connectivity index (χ2n) is 6.38. The number of benzene rings is 1. The zero-order valence-electron chi connectivity index (χ0n) is 13.6. The molecule has 5 nitrogen and oxygen atoms in total. The maximum absolute atomic E-state index is 12.8. The highest BCUT2D eigenvalue weighted by molar-refractivity contribution is 7.89. The van der Waals surface area contributed by atoms with Gasteiger partial charge in [0.15, 0.2) is 0 Å². The Kier molecular flexibility index (Phi) is 4.93. The van der Waals surface area contributed by atoms with E-state index in [1.165, 1.54) is 9.87 Å². The van der Waals surface area contributed by atoms with Crippen molar-refractivity contribution < 1.29 is 13.2 Å². The molecule has 1 saturated heterocycles. The molecule has 0 atom stereocenters. The predicted octanol–water partition coefficient (Wildman–Crippen LogP) is 1.33. The van der Waals surface area contributed by atoms with Crippen LogP contribution in [0.3, 0.4) is 0 Å². The first-order valence-electron chi connectivity index (χ1n) is 8.35. The van der Waals surface area contributed by atoms with E-state index in [0.717, 1.165) is 24.8 Å². The molecule has 1 aliphatic heterocycles. The van der Waals surface area contributed by atoms with Gasteiger partial charge in [-0.05, 0) is 55.4 Å². The van der Waals surface area contributed by atoms with Crippen molar-refractivity contribution in [2.45, 2.75) is 37.0 Å². The number of amides is 1. The van der Waals surface area contributed by atoms with E-state index in [9.17, 15) is 13.2 Å². The molecule has 0 bridgehead atoms. The Labute approximate surface area is 143 Å². The fraction of sp³-hybridized carbons (Fsp3) is 0.500. The lowest BCUT2D eigenvalue weighted by Crippen LogP contribution is -2.43. The molecule has 0 saturated carbocycles. The van der Waals surface area contributed by atoms with Crippen LogP contribution in [0.15, 0.2) is 23.1 Å². The molecule has 0 radical (unpaired) electrons. The summed E-state index contributed by atoms with van der Waals surface area (Å²) >= 11 is 0. The number of aryl methyl sites for hydroxylation is 2. The lowest BCUT2D eigenvalue weighted by atomic mass is 9.97. The largest absolute Gasteiger partial charge is 0.345 e. The molecule has 1 amide bonds. The summed E-state index contributed by atoms with van der Waals surface area (Å²) in [6, 6.07) is 5.48. The van der Waals surface area contributed by atoms with Crippen molar-refractivity contribution in [1.82, 2.24) is 9.62 Å². The Hall–Kier alpha value is -1.84. The molecule has 0 spiro atoms. The van der Waals surface area contributed by atoms with Gasteiger partial charge in [0.1, 0.15) is 0 Å². The van der Waals surface area contributed by atoms with Gasteiger partial charge in [0.25, 0.3) is 0 Å².